The third kappa shape index (κ3) is 4.46. The van der Waals surface area contributed by atoms with Gasteiger partial charge in [-0.15, -0.1) is 0 Å². The SMILES string of the molecule is O=C(NC1CCN(CC(O)C2COc3ccccc3O2)CC1)c1ccccc1. The third-order valence-electron chi connectivity index (χ3n) is 5.36. The molecule has 1 amide bonds. The smallest absolute Gasteiger partial charge is 0.251 e. The first-order chi connectivity index (χ1) is 13.7. The number of piperidine rings is 1. The first-order valence-electron chi connectivity index (χ1n) is 9.84. The maximum Gasteiger partial charge on any atom is 0.251 e. The van der Waals surface area contributed by atoms with Crippen molar-refractivity contribution in [1.29, 1.82) is 0 Å². The third-order valence-corrected chi connectivity index (χ3v) is 5.36. The maximum absolute atomic E-state index is 12.3. The number of likely N-dealkylation sites (tertiary alicyclic amines) is 1. The van der Waals surface area contributed by atoms with Gasteiger partial charge >= 0.3 is 0 Å². The first-order valence-corrected chi connectivity index (χ1v) is 9.84. The molecular weight excluding hydrogens is 356 g/mol. The van der Waals surface area contributed by atoms with Crippen molar-refractivity contribution >= 4 is 5.91 Å². The van der Waals surface area contributed by atoms with E-state index in [-0.39, 0.29) is 18.1 Å². The molecule has 2 aliphatic rings. The van der Waals surface area contributed by atoms with Gasteiger partial charge in [-0.25, -0.2) is 0 Å². The Morgan fingerprint density at radius 1 is 1.07 bits per heavy atom. The van der Waals surface area contributed by atoms with E-state index in [0.717, 1.165) is 31.7 Å². The van der Waals surface area contributed by atoms with Gasteiger partial charge in [0.15, 0.2) is 17.6 Å². The van der Waals surface area contributed by atoms with Crippen LogP contribution in [0.3, 0.4) is 0 Å². The van der Waals surface area contributed by atoms with Gasteiger partial charge in [0.05, 0.1) is 0 Å². The number of hydrogen-bond donors (Lipinski definition) is 2. The molecule has 2 N–H and O–H groups in total. The van der Waals surface area contributed by atoms with Gasteiger partial charge in [-0.05, 0) is 37.1 Å². The molecule has 1 fully saturated rings. The number of aliphatic hydroxyl groups is 1. The van der Waals surface area contributed by atoms with E-state index in [2.05, 4.69) is 10.2 Å². The zero-order valence-corrected chi connectivity index (χ0v) is 15.8. The van der Waals surface area contributed by atoms with E-state index in [1.54, 1.807) is 0 Å². The number of nitrogens with zero attached hydrogens (tertiary/aromatic N) is 1. The van der Waals surface area contributed by atoms with Crippen LogP contribution in [0.5, 0.6) is 11.5 Å². The highest BCUT2D eigenvalue weighted by Gasteiger charge is 2.30. The molecule has 2 heterocycles. The highest BCUT2D eigenvalue weighted by Crippen LogP contribution is 2.31. The van der Waals surface area contributed by atoms with Crippen LogP contribution < -0.4 is 14.8 Å². The van der Waals surface area contributed by atoms with Crippen LogP contribution in [-0.4, -0.2) is 60.4 Å². The second kappa shape index (κ2) is 8.63. The minimum atomic E-state index is -0.621. The standard InChI is InChI=1S/C22H26N2O4/c25-18(21-15-27-19-8-4-5-9-20(19)28-21)14-24-12-10-17(11-13-24)23-22(26)16-6-2-1-3-7-16/h1-9,17-18,21,25H,10-15H2,(H,23,26). The Morgan fingerprint density at radius 3 is 2.50 bits per heavy atom. The summed E-state index contributed by atoms with van der Waals surface area (Å²) in [6.45, 7) is 2.55. The van der Waals surface area contributed by atoms with Crippen LogP contribution in [0.2, 0.25) is 0 Å². The Balaban J connectivity index is 1.23. The average Bonchev–Trinajstić information content (AvgIpc) is 2.75. The van der Waals surface area contributed by atoms with Gasteiger partial charge in [-0.3, -0.25) is 4.79 Å². The molecule has 0 spiro atoms. The summed E-state index contributed by atoms with van der Waals surface area (Å²) in [5.41, 5.74) is 0.690. The van der Waals surface area contributed by atoms with Gasteiger partial charge in [0.2, 0.25) is 0 Å². The second-order valence-electron chi connectivity index (χ2n) is 7.40. The van der Waals surface area contributed by atoms with Crippen LogP contribution in [0.25, 0.3) is 0 Å². The van der Waals surface area contributed by atoms with Crippen molar-refractivity contribution in [3.63, 3.8) is 0 Å². The summed E-state index contributed by atoms with van der Waals surface area (Å²) < 4.78 is 11.6. The number of carbonyl (C=O) groups excluding carboxylic acids is 1. The Kier molecular flexibility index (Phi) is 5.78. The van der Waals surface area contributed by atoms with E-state index >= 15 is 0 Å². The van der Waals surface area contributed by atoms with Crippen LogP contribution in [-0.2, 0) is 0 Å². The van der Waals surface area contributed by atoms with Gasteiger partial charge in [0.1, 0.15) is 12.7 Å². The molecule has 0 saturated carbocycles. The summed E-state index contributed by atoms with van der Waals surface area (Å²) >= 11 is 0. The molecule has 2 aliphatic heterocycles. The molecule has 148 valence electrons. The molecule has 0 bridgehead atoms. The zero-order valence-electron chi connectivity index (χ0n) is 15.8. The summed E-state index contributed by atoms with van der Waals surface area (Å²) in [4.78, 5) is 14.5. The molecule has 2 aromatic rings. The van der Waals surface area contributed by atoms with Gasteiger partial charge in [0.25, 0.3) is 5.91 Å². The molecule has 0 aliphatic carbocycles. The number of nitrogens with one attached hydrogen (secondary N) is 1. The fourth-order valence-electron chi connectivity index (χ4n) is 3.73. The molecule has 28 heavy (non-hydrogen) atoms. The normalized spacial score (nSPS) is 21.1. The number of rotatable bonds is 5. The van der Waals surface area contributed by atoms with Crippen molar-refractivity contribution in [3.05, 3.63) is 60.2 Å². The molecule has 1 saturated heterocycles. The Bertz CT molecular complexity index is 790. The topological polar surface area (TPSA) is 71.0 Å². The lowest BCUT2D eigenvalue weighted by Crippen LogP contribution is -2.50. The van der Waals surface area contributed by atoms with E-state index in [0.29, 0.717) is 24.5 Å². The number of benzene rings is 2. The van der Waals surface area contributed by atoms with Crippen LogP contribution in [0.15, 0.2) is 54.6 Å². The van der Waals surface area contributed by atoms with E-state index < -0.39 is 6.10 Å². The molecule has 0 aromatic heterocycles. The molecular formula is C22H26N2O4. The van der Waals surface area contributed by atoms with Crippen molar-refractivity contribution in [3.8, 4) is 11.5 Å². The highest BCUT2D eigenvalue weighted by atomic mass is 16.6. The molecule has 6 heteroatoms. The van der Waals surface area contributed by atoms with Gasteiger partial charge < -0.3 is 24.8 Å². The monoisotopic (exact) mass is 382 g/mol. The van der Waals surface area contributed by atoms with Gasteiger partial charge in [-0.2, -0.15) is 0 Å². The summed E-state index contributed by atoms with van der Waals surface area (Å²) in [6, 6.07) is 17.0. The predicted octanol–water partition coefficient (Wildman–Crippen LogP) is 2.08. The molecule has 2 atom stereocenters. The number of ether oxygens (including phenoxy) is 2. The minimum Gasteiger partial charge on any atom is -0.486 e. The Hall–Kier alpha value is -2.57. The Labute approximate surface area is 165 Å². The van der Waals surface area contributed by atoms with Gasteiger partial charge in [-0.1, -0.05) is 30.3 Å². The number of β-amino-alcohol motifs (C(OH)–C–C–N with tert-alkyl or cyclic N) is 1. The number of carbonyl (C=O) groups is 1. The van der Waals surface area contributed by atoms with Crippen molar-refractivity contribution in [1.82, 2.24) is 10.2 Å². The lowest BCUT2D eigenvalue weighted by Gasteiger charge is -2.36. The van der Waals surface area contributed by atoms with Crippen LogP contribution in [0.1, 0.15) is 23.2 Å². The molecule has 6 nitrogen and oxygen atoms in total. The second-order valence-corrected chi connectivity index (χ2v) is 7.40. The van der Waals surface area contributed by atoms with Crippen LogP contribution in [0.4, 0.5) is 0 Å². The quantitative estimate of drug-likeness (QED) is 0.829. The van der Waals surface area contributed by atoms with Crippen molar-refractivity contribution in [2.75, 3.05) is 26.2 Å². The molecule has 2 unspecified atom stereocenters. The summed E-state index contributed by atoms with van der Waals surface area (Å²) in [7, 11) is 0. The lowest BCUT2D eigenvalue weighted by atomic mass is 10.0. The molecule has 4 rings (SSSR count). The van der Waals surface area contributed by atoms with Crippen LogP contribution in [0, 0.1) is 0 Å². The summed E-state index contributed by atoms with van der Waals surface area (Å²) in [5.74, 6) is 1.38. The van der Waals surface area contributed by atoms with Crippen molar-refractivity contribution < 1.29 is 19.4 Å². The van der Waals surface area contributed by atoms with Crippen molar-refractivity contribution in [2.45, 2.75) is 31.1 Å². The van der Waals surface area contributed by atoms with Crippen molar-refractivity contribution in [2.24, 2.45) is 0 Å². The fourth-order valence-corrected chi connectivity index (χ4v) is 3.73. The van der Waals surface area contributed by atoms with E-state index in [4.69, 9.17) is 9.47 Å². The minimum absolute atomic E-state index is 0.0227. The number of aliphatic hydroxyl groups excluding tert-OH is 1. The highest BCUT2D eigenvalue weighted by molar-refractivity contribution is 5.94. The van der Waals surface area contributed by atoms with E-state index in [1.165, 1.54) is 0 Å². The Morgan fingerprint density at radius 2 is 1.75 bits per heavy atom. The van der Waals surface area contributed by atoms with E-state index in [9.17, 15) is 9.90 Å². The average molecular weight is 382 g/mol. The number of hydrogen-bond acceptors (Lipinski definition) is 5. The van der Waals surface area contributed by atoms with Gasteiger partial charge in [0, 0.05) is 31.2 Å². The first kappa shape index (κ1) is 18.8. The number of amides is 1. The van der Waals surface area contributed by atoms with E-state index in [1.807, 2.05) is 54.6 Å². The predicted molar refractivity (Wildman–Crippen MR) is 106 cm³/mol. The number of fused-ring (bicyclic) bond motifs is 1. The van der Waals surface area contributed by atoms with Crippen LogP contribution >= 0.6 is 0 Å². The lowest BCUT2D eigenvalue weighted by molar-refractivity contribution is -0.0283. The summed E-state index contributed by atoms with van der Waals surface area (Å²) in [6.07, 6.45) is 0.751. The largest absolute Gasteiger partial charge is 0.486 e. The summed E-state index contributed by atoms with van der Waals surface area (Å²) in [5, 5.41) is 13.7. The fraction of sp³-hybridized carbons (Fsp3) is 0.409. The zero-order chi connectivity index (χ0) is 19.3. The molecule has 0 radical (unpaired) electrons. The number of para-hydroxylation sites is 2. The maximum atomic E-state index is 12.3. The molecule has 2 aromatic carbocycles.